The van der Waals surface area contributed by atoms with E-state index in [1.165, 1.54) is 19.1 Å². The average Bonchev–Trinajstić information content (AvgIpc) is 2.80. The number of nitrogens with one attached hydrogen (secondary N) is 1. The summed E-state index contributed by atoms with van der Waals surface area (Å²) in [6.45, 7) is 2.04. The van der Waals surface area contributed by atoms with Gasteiger partial charge in [0.05, 0.1) is 13.0 Å². The predicted molar refractivity (Wildman–Crippen MR) is 72.8 cm³/mol. The van der Waals surface area contributed by atoms with Crippen molar-refractivity contribution in [3.05, 3.63) is 35.4 Å². The van der Waals surface area contributed by atoms with Gasteiger partial charge in [0.25, 0.3) is 0 Å². The first-order valence-electron chi connectivity index (χ1n) is 7.01. The minimum absolute atomic E-state index is 0. The zero-order chi connectivity index (χ0) is 13.4. The molecule has 1 aromatic rings. The van der Waals surface area contributed by atoms with Crippen molar-refractivity contribution in [2.75, 3.05) is 7.11 Å². The molecule has 2 bridgehead atoms. The van der Waals surface area contributed by atoms with Gasteiger partial charge >= 0.3 is 5.97 Å². The zero-order valence-electron chi connectivity index (χ0n) is 12.1. The van der Waals surface area contributed by atoms with E-state index in [9.17, 15) is 4.79 Å². The van der Waals surface area contributed by atoms with Gasteiger partial charge in [0.2, 0.25) is 0 Å². The molecule has 2 aliphatic rings. The van der Waals surface area contributed by atoms with Gasteiger partial charge in [-0.25, -0.2) is 0 Å². The largest absolute Gasteiger partial charge is 0.469 e. The summed E-state index contributed by atoms with van der Waals surface area (Å²) in [5.74, 6) is 0.131. The molecule has 2 fully saturated rings. The van der Waals surface area contributed by atoms with E-state index >= 15 is 0 Å². The Labute approximate surface area is 145 Å². The Balaban J connectivity index is 0.00000147. The van der Waals surface area contributed by atoms with Crippen LogP contribution in [0.25, 0.3) is 0 Å². The molecular weight excluding hydrogens is 327 g/mol. The molecule has 0 saturated carbocycles. The third-order valence-corrected chi connectivity index (χ3v) is 4.58. The normalized spacial score (nSPS) is 31.5. The summed E-state index contributed by atoms with van der Waals surface area (Å²) in [5.41, 5.74) is 2.36. The number of rotatable bonds is 2. The Kier molecular flexibility index (Phi) is 5.39. The number of hydrogen-bond donors (Lipinski definition) is 1. The van der Waals surface area contributed by atoms with Crippen molar-refractivity contribution in [2.45, 2.75) is 44.2 Å². The van der Waals surface area contributed by atoms with Gasteiger partial charge in [-0.05, 0) is 25.2 Å². The monoisotopic (exact) mass is 347 g/mol. The Morgan fingerprint density at radius 2 is 2.20 bits per heavy atom. The van der Waals surface area contributed by atoms with Crippen LogP contribution >= 0.6 is 0 Å². The Bertz CT molecular complexity index is 474. The molecule has 3 rings (SSSR count). The first-order chi connectivity index (χ1) is 9.19. The number of fused-ring (bicyclic) bond motifs is 2. The van der Waals surface area contributed by atoms with Crippen molar-refractivity contribution in [2.24, 2.45) is 5.92 Å². The Hall–Kier alpha value is -0.246. The van der Waals surface area contributed by atoms with Crippen LogP contribution in [0.3, 0.4) is 0 Å². The molecule has 4 heteroatoms. The number of methoxy groups -OCH3 is 1. The minimum atomic E-state index is -0.0802. The van der Waals surface area contributed by atoms with Crippen LogP contribution in [0.5, 0.6) is 0 Å². The summed E-state index contributed by atoms with van der Waals surface area (Å²) < 4.78 is 5.03. The second-order valence-electron chi connectivity index (χ2n) is 5.74. The molecule has 2 heterocycles. The van der Waals surface area contributed by atoms with Crippen LogP contribution in [0.2, 0.25) is 0 Å². The van der Waals surface area contributed by atoms with Crippen LogP contribution in [0.15, 0.2) is 18.2 Å². The predicted octanol–water partition coefficient (Wildman–Crippen LogP) is 2.19. The first kappa shape index (κ1) is 16.1. The van der Waals surface area contributed by atoms with E-state index in [4.69, 9.17) is 4.74 Å². The molecule has 1 radical (unpaired) electrons. The maximum atomic E-state index is 12.1. The molecule has 20 heavy (non-hydrogen) atoms. The summed E-state index contributed by atoms with van der Waals surface area (Å²) >= 11 is 0. The number of esters is 1. The Morgan fingerprint density at radius 3 is 2.85 bits per heavy atom. The molecule has 2 saturated heterocycles. The van der Waals surface area contributed by atoms with Crippen LogP contribution in [-0.4, -0.2) is 25.2 Å². The summed E-state index contributed by atoms with van der Waals surface area (Å²) in [7, 11) is 1.49. The third kappa shape index (κ3) is 3.00. The first-order valence-corrected chi connectivity index (χ1v) is 7.01. The second-order valence-corrected chi connectivity index (χ2v) is 5.74. The van der Waals surface area contributed by atoms with E-state index in [0.717, 1.165) is 18.4 Å². The van der Waals surface area contributed by atoms with Crippen LogP contribution in [0, 0.1) is 18.9 Å². The molecule has 0 spiro atoms. The van der Waals surface area contributed by atoms with Gasteiger partial charge in [-0.2, -0.15) is 35.4 Å². The van der Waals surface area contributed by atoms with Gasteiger partial charge in [0.1, 0.15) is 0 Å². The fourth-order valence-corrected chi connectivity index (χ4v) is 3.61. The average molecular weight is 347 g/mol. The van der Waals surface area contributed by atoms with Gasteiger partial charge in [-0.1, -0.05) is 6.92 Å². The third-order valence-electron chi connectivity index (χ3n) is 4.58. The summed E-state index contributed by atoms with van der Waals surface area (Å²) in [6.07, 6.45) is 3.27. The summed E-state index contributed by atoms with van der Waals surface area (Å²) in [4.78, 5) is 12.1. The van der Waals surface area contributed by atoms with E-state index in [0.29, 0.717) is 6.04 Å². The molecule has 4 atom stereocenters. The molecular formula is C16H20NO2Y-. The van der Waals surface area contributed by atoms with Crippen LogP contribution < -0.4 is 5.32 Å². The van der Waals surface area contributed by atoms with Crippen molar-refractivity contribution in [1.82, 2.24) is 5.32 Å². The Morgan fingerprint density at radius 1 is 1.40 bits per heavy atom. The van der Waals surface area contributed by atoms with Gasteiger partial charge in [0.15, 0.2) is 0 Å². The number of carbonyl (C=O) groups excluding carboxylic acids is 1. The second kappa shape index (κ2) is 6.68. The molecule has 2 aliphatic heterocycles. The summed E-state index contributed by atoms with van der Waals surface area (Å²) in [6, 6.07) is 10.3. The molecule has 1 N–H and O–H groups in total. The van der Waals surface area contributed by atoms with Crippen LogP contribution in [-0.2, 0) is 42.2 Å². The standard InChI is InChI=1S/C16H20NO2.Y/c1-10-3-5-11(6-4-10)13-9-12-7-8-14(17-12)15(13)16(18)19-2;/h3,5-6,12-15,17H,7-9H2,1-2H3;/q-1;. The number of carbonyl (C=O) groups is 1. The maximum Gasteiger partial charge on any atom is 0.309 e. The number of aryl methyl sites for hydroxylation is 1. The van der Waals surface area contributed by atoms with E-state index < -0.39 is 0 Å². The number of hydrogen-bond acceptors (Lipinski definition) is 3. The van der Waals surface area contributed by atoms with Crippen molar-refractivity contribution in [1.29, 1.82) is 0 Å². The minimum Gasteiger partial charge on any atom is -0.469 e. The molecule has 0 amide bonds. The quantitative estimate of drug-likeness (QED) is 0.658. The van der Waals surface area contributed by atoms with Gasteiger partial charge in [-0.3, -0.25) is 4.79 Å². The van der Waals surface area contributed by atoms with Gasteiger partial charge in [0, 0.05) is 44.8 Å². The van der Waals surface area contributed by atoms with E-state index in [1.807, 2.05) is 13.0 Å². The number of benzene rings is 1. The summed E-state index contributed by atoms with van der Waals surface area (Å²) in [5, 5.41) is 3.56. The zero-order valence-corrected chi connectivity index (χ0v) is 14.9. The van der Waals surface area contributed by atoms with Gasteiger partial charge in [-0.15, -0.1) is 0 Å². The van der Waals surface area contributed by atoms with Crippen molar-refractivity contribution in [3.63, 3.8) is 0 Å². The van der Waals surface area contributed by atoms with Gasteiger partial charge < -0.3 is 10.1 Å². The maximum absolute atomic E-state index is 12.1. The topological polar surface area (TPSA) is 38.3 Å². The molecule has 0 aromatic heterocycles. The van der Waals surface area contributed by atoms with Crippen molar-refractivity contribution >= 4 is 5.97 Å². The number of piperidine rings is 1. The molecule has 4 unspecified atom stereocenters. The smallest absolute Gasteiger partial charge is 0.309 e. The van der Waals surface area contributed by atoms with E-state index in [-0.39, 0.29) is 56.6 Å². The van der Waals surface area contributed by atoms with Crippen molar-refractivity contribution in [3.8, 4) is 0 Å². The van der Waals surface area contributed by atoms with Crippen LogP contribution in [0.4, 0.5) is 0 Å². The molecule has 105 valence electrons. The van der Waals surface area contributed by atoms with E-state index in [1.54, 1.807) is 0 Å². The fourth-order valence-electron chi connectivity index (χ4n) is 3.61. The molecule has 0 aliphatic carbocycles. The van der Waals surface area contributed by atoms with E-state index in [2.05, 4.69) is 23.5 Å². The van der Waals surface area contributed by atoms with Crippen molar-refractivity contribution < 1.29 is 42.2 Å². The fraction of sp³-hybridized carbons (Fsp3) is 0.562. The number of ether oxygens (including phenoxy) is 1. The van der Waals surface area contributed by atoms with Crippen LogP contribution in [0.1, 0.15) is 36.3 Å². The molecule has 1 aromatic carbocycles. The SMILES string of the molecule is COC(=O)C1C2CCC(CC1c1c[c-]c(C)cc1)N2.[Y]. The molecule has 3 nitrogen and oxygen atoms in total.